The molecule has 19 heavy (non-hydrogen) atoms. The quantitative estimate of drug-likeness (QED) is 0.812. The molecule has 0 saturated carbocycles. The molecule has 0 N–H and O–H groups in total. The first kappa shape index (κ1) is 12.3. The van der Waals surface area contributed by atoms with Gasteiger partial charge < -0.3 is 4.57 Å². The molecular weight excluding hydrogens is 245 g/mol. The van der Waals surface area contributed by atoms with Crippen LogP contribution < -0.4 is 0 Å². The van der Waals surface area contributed by atoms with Gasteiger partial charge in [-0.2, -0.15) is 15.8 Å². The van der Waals surface area contributed by atoms with Crippen molar-refractivity contribution in [2.75, 3.05) is 0 Å². The van der Waals surface area contributed by atoms with Crippen molar-refractivity contribution < 1.29 is 4.39 Å². The third kappa shape index (κ3) is 2.26. The third-order valence-corrected chi connectivity index (χ3v) is 2.57. The molecule has 0 saturated heterocycles. The summed E-state index contributed by atoms with van der Waals surface area (Å²) in [6.07, 6.45) is 1.30. The molecule has 2 rings (SSSR count). The van der Waals surface area contributed by atoms with E-state index in [1.54, 1.807) is 6.07 Å². The fourth-order valence-electron chi connectivity index (χ4n) is 1.65. The van der Waals surface area contributed by atoms with Crippen LogP contribution in [0.2, 0.25) is 0 Å². The van der Waals surface area contributed by atoms with Gasteiger partial charge in [0.25, 0.3) is 0 Å². The van der Waals surface area contributed by atoms with Gasteiger partial charge in [-0.05, 0) is 18.2 Å². The average Bonchev–Trinajstić information content (AvgIpc) is 2.83. The zero-order valence-electron chi connectivity index (χ0n) is 9.63. The molecular formula is C13H6FN5. The van der Waals surface area contributed by atoms with Crippen LogP contribution in [0.15, 0.2) is 24.5 Å². The van der Waals surface area contributed by atoms with Crippen molar-refractivity contribution in [3.8, 4) is 18.2 Å². The lowest BCUT2D eigenvalue weighted by molar-refractivity contribution is 0.598. The van der Waals surface area contributed by atoms with Crippen molar-refractivity contribution >= 4 is 0 Å². The van der Waals surface area contributed by atoms with Gasteiger partial charge in [0.15, 0.2) is 11.4 Å². The lowest BCUT2D eigenvalue weighted by Crippen LogP contribution is -2.04. The maximum absolute atomic E-state index is 13.6. The highest BCUT2D eigenvalue weighted by Crippen LogP contribution is 2.14. The van der Waals surface area contributed by atoms with Crippen molar-refractivity contribution in [3.05, 3.63) is 52.9 Å². The van der Waals surface area contributed by atoms with Crippen molar-refractivity contribution in [1.82, 2.24) is 9.55 Å². The Kier molecular flexibility index (Phi) is 3.23. The van der Waals surface area contributed by atoms with E-state index >= 15 is 0 Å². The summed E-state index contributed by atoms with van der Waals surface area (Å²) in [7, 11) is 0. The number of benzene rings is 1. The Morgan fingerprint density at radius 1 is 1.16 bits per heavy atom. The molecule has 90 valence electrons. The fourth-order valence-corrected chi connectivity index (χ4v) is 1.65. The zero-order chi connectivity index (χ0) is 13.8. The highest BCUT2D eigenvalue weighted by atomic mass is 19.1. The second-order valence-corrected chi connectivity index (χ2v) is 3.71. The number of aromatic nitrogens is 2. The lowest BCUT2D eigenvalue weighted by Gasteiger charge is -2.05. The van der Waals surface area contributed by atoms with Gasteiger partial charge in [0.05, 0.1) is 24.5 Å². The Labute approximate surface area is 108 Å². The van der Waals surface area contributed by atoms with Crippen LogP contribution in [0.5, 0.6) is 0 Å². The summed E-state index contributed by atoms with van der Waals surface area (Å²) in [6, 6.07) is 9.54. The Balaban J connectivity index is 2.43. The van der Waals surface area contributed by atoms with Crippen LogP contribution in [0.4, 0.5) is 4.39 Å². The third-order valence-electron chi connectivity index (χ3n) is 2.57. The molecule has 0 fully saturated rings. The molecule has 5 nitrogen and oxygen atoms in total. The number of nitriles is 3. The van der Waals surface area contributed by atoms with Crippen molar-refractivity contribution in [2.45, 2.75) is 6.54 Å². The smallest absolute Gasteiger partial charge is 0.176 e. The molecule has 0 spiro atoms. The Morgan fingerprint density at radius 2 is 1.95 bits per heavy atom. The minimum Gasteiger partial charge on any atom is -0.317 e. The first-order chi connectivity index (χ1) is 9.19. The minimum absolute atomic E-state index is 0.000606. The molecule has 0 radical (unpaired) electrons. The molecule has 0 unspecified atom stereocenters. The van der Waals surface area contributed by atoms with E-state index in [2.05, 4.69) is 4.98 Å². The number of imidazole rings is 1. The maximum Gasteiger partial charge on any atom is 0.176 e. The van der Waals surface area contributed by atoms with Crippen LogP contribution in [0, 0.1) is 39.8 Å². The molecule has 2 aromatic rings. The standard InChI is InChI=1S/C13H6FN5/c14-11-2-1-9(4-15)3-10(11)7-19-8-18-12(5-16)13(19)6-17/h1-3,8H,7H2. The summed E-state index contributed by atoms with van der Waals surface area (Å²) in [5, 5.41) is 26.5. The van der Waals surface area contributed by atoms with E-state index in [-0.39, 0.29) is 23.5 Å². The predicted molar refractivity (Wildman–Crippen MR) is 61.9 cm³/mol. The van der Waals surface area contributed by atoms with E-state index in [1.165, 1.54) is 29.1 Å². The Bertz CT molecular complexity index is 755. The maximum atomic E-state index is 13.6. The molecule has 0 bridgehead atoms. The monoisotopic (exact) mass is 251 g/mol. The molecule has 1 aromatic carbocycles. The van der Waals surface area contributed by atoms with Crippen molar-refractivity contribution in [2.24, 2.45) is 0 Å². The Morgan fingerprint density at radius 3 is 2.58 bits per heavy atom. The van der Waals surface area contributed by atoms with E-state index in [0.717, 1.165) is 0 Å². The van der Waals surface area contributed by atoms with E-state index < -0.39 is 5.82 Å². The molecule has 1 heterocycles. The molecule has 0 amide bonds. The molecule has 0 aliphatic rings. The first-order valence-corrected chi connectivity index (χ1v) is 5.23. The van der Waals surface area contributed by atoms with Gasteiger partial charge in [0, 0.05) is 5.56 Å². The summed E-state index contributed by atoms with van der Waals surface area (Å²) >= 11 is 0. The van der Waals surface area contributed by atoms with E-state index in [9.17, 15) is 4.39 Å². The number of halogens is 1. The van der Waals surface area contributed by atoms with Gasteiger partial charge in [-0.3, -0.25) is 0 Å². The van der Waals surface area contributed by atoms with Gasteiger partial charge in [-0.1, -0.05) is 0 Å². The van der Waals surface area contributed by atoms with Gasteiger partial charge in [-0.25, -0.2) is 9.37 Å². The largest absolute Gasteiger partial charge is 0.317 e. The number of nitrogens with zero attached hydrogens (tertiary/aromatic N) is 5. The lowest BCUT2D eigenvalue weighted by atomic mass is 10.1. The molecule has 6 heteroatoms. The normalized spacial score (nSPS) is 9.37. The van der Waals surface area contributed by atoms with Crippen molar-refractivity contribution in [1.29, 1.82) is 15.8 Å². The average molecular weight is 251 g/mol. The second-order valence-electron chi connectivity index (χ2n) is 3.71. The van der Waals surface area contributed by atoms with Crippen LogP contribution in [-0.2, 0) is 6.54 Å². The zero-order valence-corrected chi connectivity index (χ0v) is 9.63. The van der Waals surface area contributed by atoms with Gasteiger partial charge in [0.2, 0.25) is 0 Å². The van der Waals surface area contributed by atoms with Crippen LogP contribution in [-0.4, -0.2) is 9.55 Å². The summed E-state index contributed by atoms with van der Waals surface area (Å²) in [5.41, 5.74) is 0.663. The second kappa shape index (κ2) is 5.00. The summed E-state index contributed by atoms with van der Waals surface area (Å²) < 4.78 is 15.0. The molecule has 0 atom stereocenters. The van der Waals surface area contributed by atoms with E-state index in [0.29, 0.717) is 5.56 Å². The molecule has 1 aromatic heterocycles. The first-order valence-electron chi connectivity index (χ1n) is 5.23. The highest BCUT2D eigenvalue weighted by Gasteiger charge is 2.12. The molecule has 0 aliphatic carbocycles. The predicted octanol–water partition coefficient (Wildman–Crippen LogP) is 1.69. The molecule has 0 aliphatic heterocycles. The van der Waals surface area contributed by atoms with Crippen LogP contribution >= 0.6 is 0 Å². The highest BCUT2D eigenvalue weighted by molar-refractivity contribution is 5.38. The van der Waals surface area contributed by atoms with Gasteiger partial charge >= 0.3 is 0 Å². The summed E-state index contributed by atoms with van der Waals surface area (Å²) in [5.74, 6) is -0.477. The van der Waals surface area contributed by atoms with E-state index in [4.69, 9.17) is 15.8 Å². The van der Waals surface area contributed by atoms with E-state index in [1.807, 2.05) is 12.1 Å². The number of hydrogen-bond donors (Lipinski definition) is 0. The number of rotatable bonds is 2. The SMILES string of the molecule is N#Cc1ccc(F)c(Cn2cnc(C#N)c2C#N)c1. The van der Waals surface area contributed by atoms with Crippen LogP contribution in [0.1, 0.15) is 22.5 Å². The number of hydrogen-bond acceptors (Lipinski definition) is 4. The van der Waals surface area contributed by atoms with Gasteiger partial charge in [-0.15, -0.1) is 0 Å². The van der Waals surface area contributed by atoms with Gasteiger partial charge in [0.1, 0.15) is 18.0 Å². The fraction of sp³-hybridized carbons (Fsp3) is 0.0769. The van der Waals surface area contributed by atoms with Crippen LogP contribution in [0.3, 0.4) is 0 Å². The topological polar surface area (TPSA) is 89.2 Å². The Hall–Kier alpha value is -3.17. The summed E-state index contributed by atoms with van der Waals surface area (Å²) in [4.78, 5) is 3.77. The van der Waals surface area contributed by atoms with Crippen molar-refractivity contribution in [3.63, 3.8) is 0 Å². The van der Waals surface area contributed by atoms with Crippen LogP contribution in [0.25, 0.3) is 0 Å². The summed E-state index contributed by atoms with van der Waals surface area (Å²) in [6.45, 7) is 0.0406. The minimum atomic E-state index is -0.477.